The zero-order valence-electron chi connectivity index (χ0n) is 8.65. The predicted octanol–water partition coefficient (Wildman–Crippen LogP) is 4.77. The van der Waals surface area contributed by atoms with Crippen molar-refractivity contribution >= 4 is 27.5 Å². The molecule has 84 valence electrons. The maximum atomic E-state index is 8.99. The van der Waals surface area contributed by atoms with Gasteiger partial charge in [0.2, 0.25) is 0 Å². The van der Waals surface area contributed by atoms with Crippen LogP contribution in [0.1, 0.15) is 5.56 Å². The summed E-state index contributed by atoms with van der Waals surface area (Å²) in [5.74, 6) is 1.15. The van der Waals surface area contributed by atoms with Gasteiger partial charge in [0, 0.05) is 5.02 Å². The van der Waals surface area contributed by atoms with Crippen LogP contribution in [0.4, 0.5) is 0 Å². The van der Waals surface area contributed by atoms with Gasteiger partial charge in [-0.1, -0.05) is 23.7 Å². The quantitative estimate of drug-likeness (QED) is 0.801. The molecular weight excluding hydrogens is 302 g/mol. The Labute approximate surface area is 113 Å². The molecule has 0 saturated heterocycles. The van der Waals surface area contributed by atoms with Crippen molar-refractivity contribution in [3.63, 3.8) is 0 Å². The molecule has 17 heavy (non-hydrogen) atoms. The molecule has 0 unspecified atom stereocenters. The largest absolute Gasteiger partial charge is 0.455 e. The highest BCUT2D eigenvalue weighted by atomic mass is 79.9. The minimum atomic E-state index is 0.410. The van der Waals surface area contributed by atoms with E-state index in [2.05, 4.69) is 22.0 Å². The minimum Gasteiger partial charge on any atom is -0.455 e. The van der Waals surface area contributed by atoms with Gasteiger partial charge in [-0.2, -0.15) is 5.26 Å². The highest BCUT2D eigenvalue weighted by Crippen LogP contribution is 2.31. The van der Waals surface area contributed by atoms with Crippen molar-refractivity contribution in [3.8, 4) is 17.6 Å². The molecule has 0 aliphatic carbocycles. The van der Waals surface area contributed by atoms with Crippen LogP contribution >= 0.6 is 27.5 Å². The molecule has 0 saturated carbocycles. The molecule has 0 heterocycles. The molecule has 2 aromatic rings. The van der Waals surface area contributed by atoms with Crippen LogP contribution < -0.4 is 4.74 Å². The standard InChI is InChI=1S/C13H7BrClNO/c14-11-3-1-2-4-13(11)17-12-6-5-10(15)7-9(12)8-16/h1-7H. The van der Waals surface area contributed by atoms with Gasteiger partial charge < -0.3 is 4.74 Å². The smallest absolute Gasteiger partial charge is 0.145 e. The van der Waals surface area contributed by atoms with E-state index in [1.807, 2.05) is 24.3 Å². The maximum absolute atomic E-state index is 8.99. The average Bonchev–Trinajstić information content (AvgIpc) is 2.34. The van der Waals surface area contributed by atoms with Gasteiger partial charge >= 0.3 is 0 Å². The SMILES string of the molecule is N#Cc1cc(Cl)ccc1Oc1ccccc1Br. The molecule has 0 aliphatic heterocycles. The summed E-state index contributed by atoms with van der Waals surface area (Å²) in [6, 6.07) is 14.4. The van der Waals surface area contributed by atoms with Crippen LogP contribution in [0.15, 0.2) is 46.9 Å². The fourth-order valence-corrected chi connectivity index (χ4v) is 1.86. The van der Waals surface area contributed by atoms with Crippen LogP contribution in [0.3, 0.4) is 0 Å². The van der Waals surface area contributed by atoms with Crippen molar-refractivity contribution in [3.05, 3.63) is 57.5 Å². The van der Waals surface area contributed by atoms with Crippen LogP contribution in [-0.4, -0.2) is 0 Å². The molecule has 0 fully saturated rings. The van der Waals surface area contributed by atoms with E-state index in [9.17, 15) is 0 Å². The summed E-state index contributed by atoms with van der Waals surface area (Å²) in [6.07, 6.45) is 0. The lowest BCUT2D eigenvalue weighted by molar-refractivity contribution is 0.478. The molecule has 0 amide bonds. The Kier molecular flexibility index (Phi) is 3.68. The number of benzene rings is 2. The Morgan fingerprint density at radius 2 is 1.88 bits per heavy atom. The van der Waals surface area contributed by atoms with Crippen molar-refractivity contribution in [1.29, 1.82) is 5.26 Å². The highest BCUT2D eigenvalue weighted by Gasteiger charge is 2.07. The number of hydrogen-bond donors (Lipinski definition) is 0. The predicted molar refractivity (Wildman–Crippen MR) is 70.4 cm³/mol. The van der Waals surface area contributed by atoms with E-state index >= 15 is 0 Å². The first kappa shape index (κ1) is 12.0. The number of nitriles is 1. The number of halogens is 2. The molecule has 0 aromatic heterocycles. The zero-order valence-corrected chi connectivity index (χ0v) is 11.0. The first-order valence-corrected chi connectivity index (χ1v) is 6.00. The highest BCUT2D eigenvalue weighted by molar-refractivity contribution is 9.10. The number of rotatable bonds is 2. The Morgan fingerprint density at radius 3 is 2.59 bits per heavy atom. The third-order valence-corrected chi connectivity index (χ3v) is 3.01. The summed E-state index contributed by atoms with van der Waals surface area (Å²) in [6.45, 7) is 0. The summed E-state index contributed by atoms with van der Waals surface area (Å²) in [4.78, 5) is 0. The Morgan fingerprint density at radius 1 is 1.12 bits per heavy atom. The van der Waals surface area contributed by atoms with Crippen LogP contribution in [-0.2, 0) is 0 Å². The first-order chi connectivity index (χ1) is 8.20. The first-order valence-electron chi connectivity index (χ1n) is 4.83. The lowest BCUT2D eigenvalue weighted by Gasteiger charge is -2.08. The van der Waals surface area contributed by atoms with Crippen LogP contribution in [0.5, 0.6) is 11.5 Å². The summed E-state index contributed by atoms with van der Waals surface area (Å²) in [5.41, 5.74) is 0.410. The van der Waals surface area contributed by atoms with Crippen molar-refractivity contribution in [2.45, 2.75) is 0 Å². The topological polar surface area (TPSA) is 33.0 Å². The normalized spacial score (nSPS) is 9.71. The molecule has 0 atom stereocenters. The Hall–Kier alpha value is -1.50. The average molecular weight is 309 g/mol. The third kappa shape index (κ3) is 2.79. The lowest BCUT2D eigenvalue weighted by Crippen LogP contribution is -1.88. The lowest BCUT2D eigenvalue weighted by atomic mass is 10.2. The van der Waals surface area contributed by atoms with E-state index in [1.165, 1.54) is 0 Å². The van der Waals surface area contributed by atoms with Crippen LogP contribution in [0.2, 0.25) is 5.02 Å². The van der Waals surface area contributed by atoms with Crippen LogP contribution in [0.25, 0.3) is 0 Å². The Balaban J connectivity index is 2.37. The van der Waals surface area contributed by atoms with E-state index in [4.69, 9.17) is 21.6 Å². The molecule has 0 bridgehead atoms. The van der Waals surface area contributed by atoms with Crippen molar-refractivity contribution in [1.82, 2.24) is 0 Å². The molecule has 0 N–H and O–H groups in total. The van der Waals surface area contributed by atoms with Gasteiger partial charge in [-0.25, -0.2) is 0 Å². The van der Waals surface area contributed by atoms with E-state index in [-0.39, 0.29) is 0 Å². The van der Waals surface area contributed by atoms with Crippen molar-refractivity contribution < 1.29 is 4.74 Å². The van der Waals surface area contributed by atoms with Gasteiger partial charge in [-0.05, 0) is 46.3 Å². The monoisotopic (exact) mass is 307 g/mol. The van der Waals surface area contributed by atoms with Gasteiger partial charge in [0.25, 0.3) is 0 Å². The number of nitrogens with zero attached hydrogens (tertiary/aromatic N) is 1. The third-order valence-electron chi connectivity index (χ3n) is 2.12. The van der Waals surface area contributed by atoms with E-state index in [0.29, 0.717) is 22.1 Å². The Bertz CT molecular complexity index is 592. The molecule has 0 spiro atoms. The van der Waals surface area contributed by atoms with Crippen LogP contribution in [0, 0.1) is 11.3 Å². The fourth-order valence-electron chi connectivity index (χ4n) is 1.32. The van der Waals surface area contributed by atoms with E-state index in [0.717, 1.165) is 4.47 Å². The minimum absolute atomic E-state index is 0.410. The second-order valence-electron chi connectivity index (χ2n) is 3.28. The molecule has 2 rings (SSSR count). The number of ether oxygens (including phenoxy) is 1. The fraction of sp³-hybridized carbons (Fsp3) is 0. The number of hydrogen-bond acceptors (Lipinski definition) is 2. The molecule has 4 heteroatoms. The summed E-state index contributed by atoms with van der Waals surface area (Å²) >= 11 is 9.19. The summed E-state index contributed by atoms with van der Waals surface area (Å²) in [7, 11) is 0. The van der Waals surface area contributed by atoms with E-state index in [1.54, 1.807) is 18.2 Å². The second kappa shape index (κ2) is 5.22. The molecular formula is C13H7BrClNO. The molecule has 2 aromatic carbocycles. The second-order valence-corrected chi connectivity index (χ2v) is 4.58. The van der Waals surface area contributed by atoms with Gasteiger partial charge in [-0.3, -0.25) is 0 Å². The van der Waals surface area contributed by atoms with Crippen molar-refractivity contribution in [2.75, 3.05) is 0 Å². The summed E-state index contributed by atoms with van der Waals surface area (Å²) in [5, 5.41) is 9.50. The van der Waals surface area contributed by atoms with Gasteiger partial charge in [0.05, 0.1) is 10.0 Å². The molecule has 0 radical (unpaired) electrons. The van der Waals surface area contributed by atoms with Crippen molar-refractivity contribution in [2.24, 2.45) is 0 Å². The van der Waals surface area contributed by atoms with E-state index < -0.39 is 0 Å². The number of para-hydroxylation sites is 1. The summed E-state index contributed by atoms with van der Waals surface area (Å²) < 4.78 is 6.49. The maximum Gasteiger partial charge on any atom is 0.145 e. The van der Waals surface area contributed by atoms with Gasteiger partial charge in [0.1, 0.15) is 17.6 Å². The van der Waals surface area contributed by atoms with Gasteiger partial charge in [-0.15, -0.1) is 0 Å². The zero-order chi connectivity index (χ0) is 12.3. The molecule has 0 aliphatic rings. The molecule has 2 nitrogen and oxygen atoms in total. The van der Waals surface area contributed by atoms with Gasteiger partial charge in [0.15, 0.2) is 0 Å².